The van der Waals surface area contributed by atoms with E-state index in [9.17, 15) is 0 Å². The van der Waals surface area contributed by atoms with E-state index in [4.69, 9.17) is 0 Å². The van der Waals surface area contributed by atoms with Crippen LogP contribution in [0.2, 0.25) is 18.6 Å². The van der Waals surface area contributed by atoms with Crippen molar-refractivity contribution in [2.75, 3.05) is 0 Å². The minimum Gasteiger partial charge on any atom is -0.0714 e. The normalized spacial score (nSPS) is 18.7. The first-order chi connectivity index (χ1) is 5.46. The average molecular weight is 272 g/mol. The van der Waals surface area contributed by atoms with Crippen molar-refractivity contribution in [3.63, 3.8) is 0 Å². The van der Waals surface area contributed by atoms with Gasteiger partial charge < -0.3 is 0 Å². The Morgan fingerprint density at radius 1 is 0.846 bits per heavy atom. The summed E-state index contributed by atoms with van der Waals surface area (Å²) in [6, 6.07) is 0. The summed E-state index contributed by atoms with van der Waals surface area (Å²) in [7, 11) is -0.531. The maximum absolute atomic E-state index is 2.45. The molecule has 0 amide bonds. The topological polar surface area (TPSA) is 0 Å². The summed E-state index contributed by atoms with van der Waals surface area (Å²) in [5.41, 5.74) is 7.25. The van der Waals surface area contributed by atoms with Gasteiger partial charge in [-0.15, -0.1) is 0 Å². The Kier molecular flexibility index (Phi) is 5.10. The summed E-state index contributed by atoms with van der Waals surface area (Å²) in [5.74, 6) is 0. The molecule has 0 fully saturated rings. The van der Waals surface area contributed by atoms with Crippen molar-refractivity contribution in [1.29, 1.82) is 0 Å². The average Bonchev–Trinajstić information content (AvgIpc) is 2.16. The minimum absolute atomic E-state index is 0. The van der Waals surface area contributed by atoms with Gasteiger partial charge in [0.05, 0.1) is 0 Å². The van der Waals surface area contributed by atoms with Crippen LogP contribution in [0, 0.1) is 0 Å². The molecule has 0 saturated carbocycles. The van der Waals surface area contributed by atoms with Crippen LogP contribution < -0.4 is 0 Å². The molecule has 0 saturated heterocycles. The molecule has 0 aromatic carbocycles. The Labute approximate surface area is 103 Å². The Hall–Kier alpha value is 0.580. The molecule has 0 spiro atoms. The zero-order valence-electron chi connectivity index (χ0n) is 9.65. The smallest absolute Gasteiger partial charge is 0.0435 e. The van der Waals surface area contributed by atoms with E-state index in [-0.39, 0.29) is 26.2 Å². The molecule has 0 aliphatic heterocycles. The maximum Gasteiger partial charge on any atom is 0.0435 e. The first kappa shape index (κ1) is 13.6. The molecule has 1 aliphatic carbocycles. The van der Waals surface area contributed by atoms with Gasteiger partial charge in [-0.1, -0.05) is 24.2 Å². The van der Waals surface area contributed by atoms with Gasteiger partial charge in [0.1, 0.15) is 0 Å². The molecule has 13 heavy (non-hydrogen) atoms. The van der Waals surface area contributed by atoms with Gasteiger partial charge in [0, 0.05) is 35.0 Å². The van der Waals surface area contributed by atoms with Crippen molar-refractivity contribution < 1.29 is 26.2 Å². The second kappa shape index (κ2) is 4.89. The molecular weight excluding hydrogens is 251 g/mol. The van der Waals surface area contributed by atoms with Gasteiger partial charge in [-0.25, -0.2) is 0 Å². The zero-order valence-corrected chi connectivity index (χ0v) is 13.3. The molecule has 0 nitrogen and oxygen atoms in total. The van der Waals surface area contributed by atoms with Crippen LogP contribution in [0.15, 0.2) is 22.3 Å². The Bertz CT molecular complexity index is 237. The fraction of sp³-hybridized carbons (Fsp3) is 0.636. The van der Waals surface area contributed by atoms with Crippen LogP contribution in [0.25, 0.3) is 0 Å². The zero-order chi connectivity index (χ0) is 9.46. The van der Waals surface area contributed by atoms with Crippen molar-refractivity contribution in [3.8, 4) is 0 Å². The quantitative estimate of drug-likeness (QED) is 0.640. The fourth-order valence-corrected chi connectivity index (χ4v) is 4.88. The molecule has 0 radical (unpaired) electrons. The first-order valence-corrected chi connectivity index (χ1v) is 7.79. The number of hydrogen-bond donors (Lipinski definition) is 0. The van der Waals surface area contributed by atoms with E-state index in [1.54, 1.807) is 22.3 Å². The van der Waals surface area contributed by atoms with E-state index in [0.717, 1.165) is 5.54 Å². The summed E-state index contributed by atoms with van der Waals surface area (Å²) >= 11 is 0. The van der Waals surface area contributed by atoms with E-state index in [2.05, 4.69) is 40.8 Å². The van der Waals surface area contributed by atoms with Gasteiger partial charge in [0.25, 0.3) is 0 Å². The summed E-state index contributed by atoms with van der Waals surface area (Å²) in [5, 5.41) is 0. The molecule has 0 atom stereocenters. The van der Waals surface area contributed by atoms with Gasteiger partial charge in [-0.05, 0) is 44.4 Å². The van der Waals surface area contributed by atoms with Gasteiger partial charge >= 0.3 is 0 Å². The molecule has 1 aliphatic rings. The van der Waals surface area contributed by atoms with Crippen LogP contribution in [0.4, 0.5) is 0 Å². The molecule has 2 heteroatoms. The Morgan fingerprint density at radius 2 is 1.15 bits per heavy atom. The van der Waals surface area contributed by atoms with Crippen LogP contribution in [0.3, 0.4) is 0 Å². The second-order valence-electron chi connectivity index (χ2n) is 4.34. The summed E-state index contributed by atoms with van der Waals surface area (Å²) < 4.78 is 0. The fourth-order valence-electron chi connectivity index (χ4n) is 2.38. The third kappa shape index (κ3) is 2.33. The van der Waals surface area contributed by atoms with Crippen LogP contribution in [-0.4, -0.2) is 8.80 Å². The van der Waals surface area contributed by atoms with Crippen molar-refractivity contribution in [2.24, 2.45) is 0 Å². The van der Waals surface area contributed by atoms with E-state index in [0.29, 0.717) is 0 Å². The second-order valence-corrected chi connectivity index (χ2v) is 7.49. The SMILES string of the molecule is CC1=C(C)C([SiH](C)C)C(C)=C1C.[Zr]. The monoisotopic (exact) mass is 270 g/mol. The van der Waals surface area contributed by atoms with Gasteiger partial charge in [-0.2, -0.15) is 0 Å². The van der Waals surface area contributed by atoms with Gasteiger partial charge in [0.2, 0.25) is 0 Å². The Balaban J connectivity index is 0.00000144. The summed E-state index contributed by atoms with van der Waals surface area (Å²) in [6.07, 6.45) is 0. The Morgan fingerprint density at radius 3 is 1.31 bits per heavy atom. The van der Waals surface area contributed by atoms with E-state index < -0.39 is 8.80 Å². The van der Waals surface area contributed by atoms with E-state index >= 15 is 0 Å². The minimum atomic E-state index is -0.531. The number of hydrogen-bond acceptors (Lipinski definition) is 0. The number of allylic oxidation sites excluding steroid dienone is 4. The van der Waals surface area contributed by atoms with Gasteiger partial charge in [-0.3, -0.25) is 0 Å². The number of rotatable bonds is 1. The van der Waals surface area contributed by atoms with Crippen LogP contribution >= 0.6 is 0 Å². The van der Waals surface area contributed by atoms with Crippen LogP contribution in [0.1, 0.15) is 27.7 Å². The molecule has 72 valence electrons. The summed E-state index contributed by atoms with van der Waals surface area (Å²) in [6.45, 7) is 14.1. The molecular formula is C11H20SiZr. The predicted molar refractivity (Wildman–Crippen MR) is 59.4 cm³/mol. The molecule has 1 rings (SSSR count). The maximum atomic E-state index is 2.45. The van der Waals surface area contributed by atoms with Crippen molar-refractivity contribution in [1.82, 2.24) is 0 Å². The molecule has 0 N–H and O–H groups in total. The third-order valence-electron chi connectivity index (χ3n) is 3.35. The van der Waals surface area contributed by atoms with Crippen molar-refractivity contribution >= 4 is 8.80 Å². The van der Waals surface area contributed by atoms with E-state index in [1.807, 2.05) is 0 Å². The predicted octanol–water partition coefficient (Wildman–Crippen LogP) is 3.53. The molecule has 0 unspecified atom stereocenters. The summed E-state index contributed by atoms with van der Waals surface area (Å²) in [4.78, 5) is 0. The molecule has 0 heterocycles. The standard InChI is InChI=1S/C11H20Si.Zr/c1-7-8(2)10(4)11(9(7)3)12(5)6;/h11-12H,1-6H3;. The third-order valence-corrected chi connectivity index (χ3v) is 5.68. The van der Waals surface area contributed by atoms with Crippen molar-refractivity contribution in [2.45, 2.75) is 46.3 Å². The molecule has 0 aromatic heterocycles. The van der Waals surface area contributed by atoms with Crippen LogP contribution in [0.5, 0.6) is 0 Å². The largest absolute Gasteiger partial charge is 0.0714 e. The van der Waals surface area contributed by atoms with Crippen LogP contribution in [-0.2, 0) is 26.2 Å². The molecule has 0 bridgehead atoms. The van der Waals surface area contributed by atoms with Gasteiger partial charge in [0.15, 0.2) is 0 Å². The van der Waals surface area contributed by atoms with E-state index in [1.165, 1.54) is 0 Å². The molecule has 0 aromatic rings. The first-order valence-electron chi connectivity index (χ1n) is 4.82. The van der Waals surface area contributed by atoms with Crippen molar-refractivity contribution in [3.05, 3.63) is 22.3 Å².